The predicted molar refractivity (Wildman–Crippen MR) is 136 cm³/mol. The van der Waals surface area contributed by atoms with Gasteiger partial charge in [-0.25, -0.2) is 9.78 Å². The maximum Gasteiger partial charge on any atom is 0.319 e. The van der Waals surface area contributed by atoms with Crippen LogP contribution >= 0.6 is 0 Å². The number of hydrogen-bond acceptors (Lipinski definition) is 5. The maximum absolute atomic E-state index is 12.2. The Kier molecular flexibility index (Phi) is 5.82. The molecule has 2 aliphatic carbocycles. The molecule has 2 saturated carbocycles. The molecular weight excluding hydrogens is 454 g/mol. The first-order valence-electron chi connectivity index (χ1n) is 12.5. The Morgan fingerprint density at radius 2 is 1.94 bits per heavy atom. The molecule has 8 heteroatoms. The second-order valence-electron chi connectivity index (χ2n) is 9.49. The number of nitrogens with zero attached hydrogens (tertiary/aromatic N) is 3. The number of carbonyl (C=O) groups is 1. The summed E-state index contributed by atoms with van der Waals surface area (Å²) >= 11 is 0. The summed E-state index contributed by atoms with van der Waals surface area (Å²) in [5.74, 6) is 1.21. The highest BCUT2D eigenvalue weighted by atomic mass is 16.5. The van der Waals surface area contributed by atoms with E-state index in [1.807, 2.05) is 42.5 Å². The average Bonchev–Trinajstić information content (AvgIpc) is 3.46. The minimum atomic E-state index is -0.175. The Bertz CT molecular complexity index is 1420. The number of urea groups is 1. The van der Waals surface area contributed by atoms with Gasteiger partial charge in [0.2, 0.25) is 5.89 Å². The van der Waals surface area contributed by atoms with Crippen LogP contribution in [0, 0.1) is 11.3 Å². The molecule has 0 radical (unpaired) electrons. The summed E-state index contributed by atoms with van der Waals surface area (Å²) in [6.07, 6.45) is 9.69. The molecule has 0 saturated heterocycles. The lowest BCUT2D eigenvalue weighted by atomic mass is 9.92. The number of carbonyl (C=O) groups excluding carboxylic acids is 1. The first-order valence-corrected chi connectivity index (χ1v) is 12.5. The van der Waals surface area contributed by atoms with E-state index in [-0.39, 0.29) is 18.7 Å². The Morgan fingerprint density at radius 1 is 1.14 bits per heavy atom. The second-order valence-corrected chi connectivity index (χ2v) is 9.49. The zero-order chi connectivity index (χ0) is 24.5. The summed E-state index contributed by atoms with van der Waals surface area (Å²) in [4.78, 5) is 16.4. The molecule has 0 aliphatic heterocycles. The molecule has 36 heavy (non-hydrogen) atoms. The number of oxazole rings is 1. The van der Waals surface area contributed by atoms with Crippen molar-refractivity contribution in [2.24, 2.45) is 0 Å². The van der Waals surface area contributed by atoms with Crippen LogP contribution in [0.5, 0.6) is 5.75 Å². The van der Waals surface area contributed by atoms with Crippen molar-refractivity contribution in [3.63, 3.8) is 0 Å². The first-order chi connectivity index (χ1) is 17.7. The minimum absolute atomic E-state index is 0.175. The van der Waals surface area contributed by atoms with Gasteiger partial charge in [-0.15, -0.1) is 0 Å². The van der Waals surface area contributed by atoms with Crippen LogP contribution in [0.2, 0.25) is 0 Å². The van der Waals surface area contributed by atoms with Crippen LogP contribution in [-0.4, -0.2) is 21.6 Å². The molecule has 8 nitrogen and oxygen atoms in total. The number of rotatable bonds is 7. The van der Waals surface area contributed by atoms with Crippen LogP contribution in [0.25, 0.3) is 22.2 Å². The molecule has 4 aromatic rings. The van der Waals surface area contributed by atoms with E-state index in [1.54, 1.807) is 6.20 Å². The van der Waals surface area contributed by atoms with Crippen molar-refractivity contribution in [3.05, 3.63) is 66.4 Å². The number of anilines is 1. The Morgan fingerprint density at radius 3 is 2.58 bits per heavy atom. The van der Waals surface area contributed by atoms with Crippen molar-refractivity contribution < 1.29 is 13.9 Å². The van der Waals surface area contributed by atoms with Gasteiger partial charge < -0.3 is 24.4 Å². The number of nitriles is 1. The third-order valence-electron chi connectivity index (χ3n) is 7.23. The van der Waals surface area contributed by atoms with Gasteiger partial charge in [-0.05, 0) is 68.4 Å². The monoisotopic (exact) mass is 481 g/mol. The van der Waals surface area contributed by atoms with Crippen molar-refractivity contribution in [2.45, 2.75) is 57.2 Å². The fraction of sp³-hybridized carbons (Fsp3) is 0.321. The molecule has 6 rings (SSSR count). The fourth-order valence-corrected chi connectivity index (χ4v) is 4.89. The number of nitrogens with one attached hydrogen (secondary N) is 2. The van der Waals surface area contributed by atoms with Crippen LogP contribution in [0.15, 0.2) is 59.3 Å². The Labute approximate surface area is 208 Å². The molecule has 2 fully saturated rings. The van der Waals surface area contributed by atoms with Gasteiger partial charge in [0.05, 0.1) is 23.0 Å². The van der Waals surface area contributed by atoms with E-state index in [0.717, 1.165) is 53.5 Å². The van der Waals surface area contributed by atoms with Crippen LogP contribution in [-0.2, 0) is 6.61 Å². The number of hydrogen-bond donors (Lipinski definition) is 2. The quantitative estimate of drug-likeness (QED) is 0.330. The molecule has 2 amide bonds. The maximum atomic E-state index is 12.2. The van der Waals surface area contributed by atoms with E-state index >= 15 is 0 Å². The fourth-order valence-electron chi connectivity index (χ4n) is 4.89. The number of fused-ring (bicyclic) bond motifs is 1. The average molecular weight is 482 g/mol. The minimum Gasteiger partial charge on any atom is -0.484 e. The lowest BCUT2D eigenvalue weighted by Crippen LogP contribution is -2.41. The Balaban J connectivity index is 1.32. The van der Waals surface area contributed by atoms with Crippen LogP contribution < -0.4 is 15.4 Å². The summed E-state index contributed by atoms with van der Waals surface area (Å²) < 4.78 is 13.5. The first kappa shape index (κ1) is 22.2. The van der Waals surface area contributed by atoms with Gasteiger partial charge in [-0.3, -0.25) is 0 Å². The predicted octanol–water partition coefficient (Wildman–Crippen LogP) is 6.15. The SMILES string of the molecule is N#Cc1c(-c2ccc(NC(=O)NC3CCC3)cc2)n(C2CCC2)c2cc(OCc3ncco3)ccc12. The van der Waals surface area contributed by atoms with Gasteiger partial charge in [0, 0.05) is 29.2 Å². The van der Waals surface area contributed by atoms with Crippen LogP contribution in [0.3, 0.4) is 0 Å². The van der Waals surface area contributed by atoms with E-state index < -0.39 is 0 Å². The number of amides is 2. The third kappa shape index (κ3) is 4.17. The zero-order valence-corrected chi connectivity index (χ0v) is 19.9. The molecule has 0 bridgehead atoms. The molecule has 0 atom stereocenters. The number of benzene rings is 2. The normalized spacial score (nSPS) is 15.6. The highest BCUT2D eigenvalue weighted by Gasteiger charge is 2.28. The number of aromatic nitrogens is 2. The number of ether oxygens (including phenoxy) is 1. The lowest BCUT2D eigenvalue weighted by Gasteiger charge is -2.30. The molecule has 2 N–H and O–H groups in total. The topological polar surface area (TPSA) is 105 Å². The van der Waals surface area contributed by atoms with E-state index in [9.17, 15) is 10.1 Å². The molecule has 0 spiro atoms. The summed E-state index contributed by atoms with van der Waals surface area (Å²) in [5.41, 5.74) is 4.22. The largest absolute Gasteiger partial charge is 0.484 e. The van der Waals surface area contributed by atoms with E-state index in [1.165, 1.54) is 19.1 Å². The zero-order valence-electron chi connectivity index (χ0n) is 19.9. The molecule has 2 heterocycles. The van der Waals surface area contributed by atoms with Gasteiger partial charge in [0.1, 0.15) is 18.1 Å². The van der Waals surface area contributed by atoms with Crippen molar-refractivity contribution in [1.82, 2.24) is 14.9 Å². The molecule has 2 aromatic heterocycles. The molecule has 2 aliphatic rings. The lowest BCUT2D eigenvalue weighted by molar-refractivity contribution is 0.240. The molecule has 2 aromatic carbocycles. The van der Waals surface area contributed by atoms with E-state index in [4.69, 9.17) is 9.15 Å². The Hall–Kier alpha value is -4.25. The third-order valence-corrected chi connectivity index (χ3v) is 7.23. The highest BCUT2D eigenvalue weighted by molar-refractivity contribution is 5.96. The summed E-state index contributed by atoms with van der Waals surface area (Å²) in [7, 11) is 0. The molecule has 182 valence electrons. The van der Waals surface area contributed by atoms with Gasteiger partial charge in [-0.1, -0.05) is 12.1 Å². The summed E-state index contributed by atoms with van der Waals surface area (Å²) in [5, 5.41) is 17.0. The van der Waals surface area contributed by atoms with Crippen LogP contribution in [0.1, 0.15) is 56.0 Å². The van der Waals surface area contributed by atoms with Gasteiger partial charge in [0.15, 0.2) is 6.61 Å². The van der Waals surface area contributed by atoms with Gasteiger partial charge >= 0.3 is 6.03 Å². The van der Waals surface area contributed by atoms with Gasteiger partial charge in [0.25, 0.3) is 0 Å². The van der Waals surface area contributed by atoms with Crippen molar-refractivity contribution in [2.75, 3.05) is 5.32 Å². The van der Waals surface area contributed by atoms with Crippen molar-refractivity contribution in [3.8, 4) is 23.1 Å². The van der Waals surface area contributed by atoms with Crippen molar-refractivity contribution >= 4 is 22.6 Å². The van der Waals surface area contributed by atoms with E-state index in [0.29, 0.717) is 23.2 Å². The van der Waals surface area contributed by atoms with Crippen LogP contribution in [0.4, 0.5) is 10.5 Å². The summed E-state index contributed by atoms with van der Waals surface area (Å²) in [6, 6.07) is 16.5. The van der Waals surface area contributed by atoms with Crippen molar-refractivity contribution in [1.29, 1.82) is 5.26 Å². The van der Waals surface area contributed by atoms with Gasteiger partial charge in [-0.2, -0.15) is 5.26 Å². The standard InChI is InChI=1S/C28H27N5O3/c29-16-24-23-12-11-22(36-17-26-30-13-14-35-26)15-25(23)33(21-5-2-6-21)27(24)18-7-9-20(10-8-18)32-28(34)31-19-3-1-4-19/h7-15,19,21H,1-6,17H2,(H2,31,32,34). The molecule has 0 unspecified atom stereocenters. The highest BCUT2D eigenvalue weighted by Crippen LogP contribution is 2.43. The second kappa shape index (κ2) is 9.42. The summed E-state index contributed by atoms with van der Waals surface area (Å²) in [6.45, 7) is 0.239. The smallest absolute Gasteiger partial charge is 0.319 e. The van der Waals surface area contributed by atoms with E-state index in [2.05, 4.69) is 26.3 Å². The molecular formula is C28H27N5O3.